The number of thioether (sulfide) groups is 1. The van der Waals surface area contributed by atoms with Crippen molar-refractivity contribution in [2.24, 2.45) is 0 Å². The van der Waals surface area contributed by atoms with Crippen LogP contribution in [0.1, 0.15) is 28.4 Å². The Morgan fingerprint density at radius 1 is 1.03 bits per heavy atom. The van der Waals surface area contributed by atoms with E-state index in [1.807, 2.05) is 61.7 Å². The number of hydrogen-bond donors (Lipinski definition) is 1. The van der Waals surface area contributed by atoms with Gasteiger partial charge in [0.2, 0.25) is 5.91 Å². The Labute approximate surface area is 181 Å². The number of aryl methyl sites for hydroxylation is 1. The standard InChI is InChI=1S/C24H25N3O2S/c1-3-19-8-4-5-9-22(19)26-23(28)16-27(2)24(29)20-10-12-21(13-11-20)30-17-18-7-6-14-25-15-18/h4-15H,3,16-17H2,1-2H3,(H,26,28). The fourth-order valence-electron chi connectivity index (χ4n) is 2.99. The minimum Gasteiger partial charge on any atom is -0.332 e. The third-order valence-corrected chi connectivity index (χ3v) is 5.71. The van der Waals surface area contributed by atoms with E-state index in [4.69, 9.17) is 0 Å². The molecule has 0 atom stereocenters. The lowest BCUT2D eigenvalue weighted by Crippen LogP contribution is -2.35. The van der Waals surface area contributed by atoms with E-state index in [1.165, 1.54) is 4.90 Å². The maximum atomic E-state index is 12.7. The summed E-state index contributed by atoms with van der Waals surface area (Å²) >= 11 is 1.69. The highest BCUT2D eigenvalue weighted by Gasteiger charge is 2.15. The van der Waals surface area contributed by atoms with Gasteiger partial charge in [-0.2, -0.15) is 0 Å². The highest BCUT2D eigenvalue weighted by Crippen LogP contribution is 2.23. The highest BCUT2D eigenvalue weighted by atomic mass is 32.2. The van der Waals surface area contributed by atoms with Crippen molar-refractivity contribution < 1.29 is 9.59 Å². The van der Waals surface area contributed by atoms with E-state index in [1.54, 1.807) is 37.1 Å². The summed E-state index contributed by atoms with van der Waals surface area (Å²) in [4.78, 5) is 31.7. The zero-order chi connectivity index (χ0) is 21.3. The highest BCUT2D eigenvalue weighted by molar-refractivity contribution is 7.98. The van der Waals surface area contributed by atoms with Crippen LogP contribution in [0.2, 0.25) is 0 Å². The SMILES string of the molecule is CCc1ccccc1NC(=O)CN(C)C(=O)c1ccc(SCc2cccnc2)cc1. The molecule has 0 saturated carbocycles. The number of likely N-dealkylation sites (N-methyl/N-ethyl adjacent to an activating group) is 1. The molecule has 6 heteroatoms. The van der Waals surface area contributed by atoms with Crippen molar-refractivity contribution in [3.8, 4) is 0 Å². The fraction of sp³-hybridized carbons (Fsp3) is 0.208. The number of hydrogen-bond acceptors (Lipinski definition) is 4. The Morgan fingerprint density at radius 3 is 2.50 bits per heavy atom. The first-order chi connectivity index (χ1) is 14.6. The van der Waals surface area contributed by atoms with Crippen molar-refractivity contribution in [1.29, 1.82) is 0 Å². The molecule has 0 spiro atoms. The van der Waals surface area contributed by atoms with E-state index >= 15 is 0 Å². The van der Waals surface area contributed by atoms with Gasteiger partial charge in [-0.25, -0.2) is 0 Å². The number of para-hydroxylation sites is 1. The van der Waals surface area contributed by atoms with E-state index in [-0.39, 0.29) is 18.4 Å². The minimum absolute atomic E-state index is 0.00556. The molecule has 2 aromatic carbocycles. The van der Waals surface area contributed by atoms with Crippen molar-refractivity contribution in [3.63, 3.8) is 0 Å². The number of aromatic nitrogens is 1. The van der Waals surface area contributed by atoms with Crippen LogP contribution in [0.15, 0.2) is 78.0 Å². The number of nitrogens with one attached hydrogen (secondary N) is 1. The second-order valence-corrected chi connectivity index (χ2v) is 7.94. The van der Waals surface area contributed by atoms with Crippen LogP contribution < -0.4 is 5.32 Å². The van der Waals surface area contributed by atoms with Crippen LogP contribution in [0.5, 0.6) is 0 Å². The average molecular weight is 420 g/mol. The fourth-order valence-corrected chi connectivity index (χ4v) is 3.82. The van der Waals surface area contributed by atoms with Gasteiger partial charge in [0.15, 0.2) is 0 Å². The molecular weight excluding hydrogens is 394 g/mol. The monoisotopic (exact) mass is 419 g/mol. The maximum absolute atomic E-state index is 12.7. The number of carbonyl (C=O) groups is 2. The molecule has 0 aliphatic heterocycles. The number of amides is 2. The Hall–Kier alpha value is -3.12. The van der Waals surface area contributed by atoms with E-state index in [0.717, 1.165) is 33.9 Å². The Bertz CT molecular complexity index is 991. The van der Waals surface area contributed by atoms with E-state index < -0.39 is 0 Å². The lowest BCUT2D eigenvalue weighted by Gasteiger charge is -2.18. The Morgan fingerprint density at radius 2 is 1.80 bits per heavy atom. The van der Waals surface area contributed by atoms with Gasteiger partial charge < -0.3 is 10.2 Å². The van der Waals surface area contributed by atoms with Crippen LogP contribution in [-0.4, -0.2) is 35.3 Å². The third-order valence-electron chi connectivity index (χ3n) is 4.63. The number of rotatable bonds is 8. The topological polar surface area (TPSA) is 62.3 Å². The van der Waals surface area contributed by atoms with Gasteiger partial charge in [-0.3, -0.25) is 14.6 Å². The summed E-state index contributed by atoms with van der Waals surface area (Å²) in [6.07, 6.45) is 4.44. The van der Waals surface area contributed by atoms with Gasteiger partial charge in [-0.1, -0.05) is 31.2 Å². The summed E-state index contributed by atoms with van der Waals surface area (Å²) in [6.45, 7) is 2.04. The summed E-state index contributed by atoms with van der Waals surface area (Å²) in [5.41, 5.74) is 3.57. The summed E-state index contributed by atoms with van der Waals surface area (Å²) in [5.74, 6) is 0.425. The van der Waals surface area contributed by atoms with Gasteiger partial charge in [0.1, 0.15) is 0 Å². The molecule has 3 rings (SSSR count). The first-order valence-electron chi connectivity index (χ1n) is 9.81. The molecule has 3 aromatic rings. The molecule has 0 fully saturated rings. The van der Waals surface area contributed by atoms with Gasteiger partial charge in [0.05, 0.1) is 6.54 Å². The summed E-state index contributed by atoms with van der Waals surface area (Å²) in [5, 5.41) is 2.90. The predicted octanol–water partition coefficient (Wildman–Crippen LogP) is 4.65. The van der Waals surface area contributed by atoms with Crippen LogP contribution in [-0.2, 0) is 17.0 Å². The molecular formula is C24H25N3O2S. The smallest absolute Gasteiger partial charge is 0.254 e. The van der Waals surface area contributed by atoms with Crippen LogP contribution in [0, 0.1) is 0 Å². The Balaban J connectivity index is 1.54. The first kappa shape index (κ1) is 21.6. The summed E-state index contributed by atoms with van der Waals surface area (Å²) in [7, 11) is 1.64. The summed E-state index contributed by atoms with van der Waals surface area (Å²) < 4.78 is 0. The van der Waals surface area contributed by atoms with Crippen LogP contribution in [0.4, 0.5) is 5.69 Å². The largest absolute Gasteiger partial charge is 0.332 e. The second-order valence-electron chi connectivity index (χ2n) is 6.89. The van der Waals surface area contributed by atoms with E-state index in [9.17, 15) is 9.59 Å². The molecule has 0 aliphatic carbocycles. The van der Waals surface area contributed by atoms with Crippen molar-refractivity contribution in [3.05, 3.63) is 89.7 Å². The minimum atomic E-state index is -0.213. The van der Waals surface area contributed by atoms with Crippen LogP contribution >= 0.6 is 11.8 Å². The number of anilines is 1. The number of nitrogens with zero attached hydrogens (tertiary/aromatic N) is 2. The molecule has 0 bridgehead atoms. The van der Waals surface area contributed by atoms with Crippen molar-refractivity contribution >= 4 is 29.3 Å². The molecule has 1 N–H and O–H groups in total. The molecule has 2 amide bonds. The molecule has 5 nitrogen and oxygen atoms in total. The lowest BCUT2D eigenvalue weighted by molar-refractivity contribution is -0.116. The maximum Gasteiger partial charge on any atom is 0.254 e. The second kappa shape index (κ2) is 10.6. The van der Waals surface area contributed by atoms with Gasteiger partial charge >= 0.3 is 0 Å². The van der Waals surface area contributed by atoms with Crippen molar-refractivity contribution in [1.82, 2.24) is 9.88 Å². The van der Waals surface area contributed by atoms with Crippen LogP contribution in [0.3, 0.4) is 0 Å². The van der Waals surface area contributed by atoms with Gasteiger partial charge in [-0.05, 0) is 53.9 Å². The summed E-state index contributed by atoms with van der Waals surface area (Å²) in [6, 6.07) is 19.1. The molecule has 30 heavy (non-hydrogen) atoms. The molecule has 0 radical (unpaired) electrons. The molecule has 0 aliphatic rings. The third kappa shape index (κ3) is 5.94. The first-order valence-corrected chi connectivity index (χ1v) is 10.8. The van der Waals surface area contributed by atoms with Gasteiger partial charge in [0, 0.05) is 41.3 Å². The quantitative estimate of drug-likeness (QED) is 0.540. The molecule has 1 aromatic heterocycles. The van der Waals surface area contributed by atoms with Crippen LogP contribution in [0.25, 0.3) is 0 Å². The molecule has 0 unspecified atom stereocenters. The number of carbonyl (C=O) groups excluding carboxylic acids is 2. The number of benzene rings is 2. The normalized spacial score (nSPS) is 10.5. The predicted molar refractivity (Wildman–Crippen MR) is 122 cm³/mol. The molecule has 0 saturated heterocycles. The van der Waals surface area contributed by atoms with E-state index in [2.05, 4.69) is 10.3 Å². The van der Waals surface area contributed by atoms with Crippen molar-refractivity contribution in [2.75, 3.05) is 18.9 Å². The Kier molecular flexibility index (Phi) is 7.63. The lowest BCUT2D eigenvalue weighted by atomic mass is 10.1. The van der Waals surface area contributed by atoms with Gasteiger partial charge in [-0.15, -0.1) is 11.8 Å². The average Bonchev–Trinajstić information content (AvgIpc) is 2.78. The zero-order valence-electron chi connectivity index (χ0n) is 17.2. The molecule has 1 heterocycles. The zero-order valence-corrected chi connectivity index (χ0v) is 18.0. The van der Waals surface area contributed by atoms with Gasteiger partial charge in [0.25, 0.3) is 5.91 Å². The number of pyridine rings is 1. The van der Waals surface area contributed by atoms with E-state index in [0.29, 0.717) is 5.56 Å². The molecule has 154 valence electrons. The van der Waals surface area contributed by atoms with Crippen molar-refractivity contribution in [2.45, 2.75) is 24.0 Å².